The van der Waals surface area contributed by atoms with Crippen molar-refractivity contribution in [2.75, 3.05) is 5.32 Å². The number of benzene rings is 1. The van der Waals surface area contributed by atoms with Gasteiger partial charge in [-0.05, 0) is 50.8 Å². The molecule has 3 N–H and O–H groups in total. The van der Waals surface area contributed by atoms with Crippen LogP contribution in [0, 0.1) is 0 Å². The molecule has 0 radical (unpaired) electrons. The average Bonchev–Trinajstić information content (AvgIpc) is 3.07. The Hall–Kier alpha value is -2.34. The first kappa shape index (κ1) is 16.5. The van der Waals surface area contributed by atoms with E-state index in [0.717, 1.165) is 29.7 Å². The number of nitrogens with two attached hydrogens (primary N) is 1. The summed E-state index contributed by atoms with van der Waals surface area (Å²) in [5.41, 5.74) is 5.89. The lowest BCUT2D eigenvalue weighted by Crippen LogP contribution is -2.42. The highest BCUT2D eigenvalue weighted by atomic mass is 32.1. The summed E-state index contributed by atoms with van der Waals surface area (Å²) in [5, 5.41) is 3.37. The van der Waals surface area contributed by atoms with E-state index < -0.39 is 11.5 Å². The van der Waals surface area contributed by atoms with E-state index in [-0.39, 0.29) is 5.91 Å². The SMILES string of the molecule is CC(C)(Oc1ccccc1)C(=O)Nc1sc2c(c1C(N)=O)CCC2. The molecule has 0 atom stereocenters. The molecule has 0 aliphatic heterocycles. The van der Waals surface area contributed by atoms with E-state index in [1.165, 1.54) is 11.3 Å². The molecule has 0 saturated heterocycles. The van der Waals surface area contributed by atoms with Gasteiger partial charge in [-0.3, -0.25) is 9.59 Å². The molecule has 1 heterocycles. The fourth-order valence-corrected chi connectivity index (χ4v) is 4.13. The molecule has 0 saturated carbocycles. The normalized spacial score (nSPS) is 13.4. The van der Waals surface area contributed by atoms with Crippen molar-refractivity contribution >= 4 is 28.2 Å². The van der Waals surface area contributed by atoms with Crippen molar-refractivity contribution in [3.05, 3.63) is 46.3 Å². The maximum atomic E-state index is 12.7. The highest BCUT2D eigenvalue weighted by Gasteiger charge is 2.33. The van der Waals surface area contributed by atoms with Gasteiger partial charge >= 0.3 is 0 Å². The van der Waals surface area contributed by atoms with Crippen LogP contribution in [0.2, 0.25) is 0 Å². The second-order valence-electron chi connectivity index (χ2n) is 6.31. The Bertz CT molecular complexity index is 781. The van der Waals surface area contributed by atoms with Crippen molar-refractivity contribution < 1.29 is 14.3 Å². The number of hydrogen-bond donors (Lipinski definition) is 2. The van der Waals surface area contributed by atoms with Gasteiger partial charge in [0.15, 0.2) is 5.60 Å². The van der Waals surface area contributed by atoms with Gasteiger partial charge in [0.1, 0.15) is 10.8 Å². The minimum absolute atomic E-state index is 0.311. The molecule has 0 bridgehead atoms. The first-order valence-electron chi connectivity index (χ1n) is 7.88. The molecule has 2 aromatic rings. The minimum atomic E-state index is -1.08. The van der Waals surface area contributed by atoms with Crippen molar-refractivity contribution in [1.29, 1.82) is 0 Å². The second-order valence-corrected chi connectivity index (χ2v) is 7.41. The van der Waals surface area contributed by atoms with Gasteiger partial charge in [0.2, 0.25) is 0 Å². The molecule has 1 aromatic heterocycles. The van der Waals surface area contributed by atoms with Crippen LogP contribution >= 0.6 is 11.3 Å². The van der Waals surface area contributed by atoms with Crippen molar-refractivity contribution in [2.24, 2.45) is 5.73 Å². The molecule has 6 heteroatoms. The number of primary amides is 1. The van der Waals surface area contributed by atoms with Gasteiger partial charge in [-0.25, -0.2) is 0 Å². The van der Waals surface area contributed by atoms with Crippen LogP contribution in [0.3, 0.4) is 0 Å². The predicted octanol–water partition coefficient (Wildman–Crippen LogP) is 3.13. The maximum Gasteiger partial charge on any atom is 0.268 e. The zero-order valence-electron chi connectivity index (χ0n) is 13.7. The number of para-hydroxylation sites is 1. The third-order valence-corrected chi connectivity index (χ3v) is 5.27. The van der Waals surface area contributed by atoms with Gasteiger partial charge in [-0.1, -0.05) is 18.2 Å². The predicted molar refractivity (Wildman–Crippen MR) is 94.6 cm³/mol. The summed E-state index contributed by atoms with van der Waals surface area (Å²) in [6, 6.07) is 9.16. The lowest BCUT2D eigenvalue weighted by molar-refractivity contribution is -0.128. The average molecular weight is 344 g/mol. The van der Waals surface area contributed by atoms with E-state index in [1.54, 1.807) is 26.0 Å². The lowest BCUT2D eigenvalue weighted by Gasteiger charge is -2.25. The van der Waals surface area contributed by atoms with E-state index in [1.807, 2.05) is 18.2 Å². The number of ether oxygens (including phenoxy) is 1. The van der Waals surface area contributed by atoms with E-state index in [9.17, 15) is 9.59 Å². The van der Waals surface area contributed by atoms with Crippen LogP contribution in [0.4, 0.5) is 5.00 Å². The quantitative estimate of drug-likeness (QED) is 0.874. The fraction of sp³-hybridized carbons (Fsp3) is 0.333. The molecule has 1 aromatic carbocycles. The molecular weight excluding hydrogens is 324 g/mol. The van der Waals surface area contributed by atoms with Crippen LogP contribution in [0.25, 0.3) is 0 Å². The zero-order valence-corrected chi connectivity index (χ0v) is 14.5. The zero-order chi connectivity index (χ0) is 17.3. The summed E-state index contributed by atoms with van der Waals surface area (Å²) < 4.78 is 5.79. The van der Waals surface area contributed by atoms with Gasteiger partial charge in [0.05, 0.1) is 5.56 Å². The molecular formula is C18H20N2O3S. The Morgan fingerprint density at radius 3 is 2.58 bits per heavy atom. The Balaban J connectivity index is 1.81. The lowest BCUT2D eigenvalue weighted by atomic mass is 10.1. The van der Waals surface area contributed by atoms with Crippen molar-refractivity contribution in [3.8, 4) is 5.75 Å². The Morgan fingerprint density at radius 1 is 1.21 bits per heavy atom. The molecule has 1 aliphatic rings. The van der Waals surface area contributed by atoms with E-state index in [0.29, 0.717) is 16.3 Å². The summed E-state index contributed by atoms with van der Waals surface area (Å²) >= 11 is 1.44. The third-order valence-electron chi connectivity index (χ3n) is 4.06. The molecule has 2 amide bonds. The maximum absolute atomic E-state index is 12.7. The van der Waals surface area contributed by atoms with Crippen molar-refractivity contribution in [1.82, 2.24) is 0 Å². The van der Waals surface area contributed by atoms with E-state index in [2.05, 4.69) is 5.32 Å². The first-order valence-corrected chi connectivity index (χ1v) is 8.70. The number of anilines is 1. The molecule has 0 unspecified atom stereocenters. The highest BCUT2D eigenvalue weighted by Crippen LogP contribution is 2.39. The molecule has 1 aliphatic carbocycles. The number of carbonyl (C=O) groups is 2. The summed E-state index contributed by atoms with van der Waals surface area (Å²) in [5.74, 6) is -0.193. The number of rotatable bonds is 5. The number of thiophene rings is 1. The number of amides is 2. The van der Waals surface area contributed by atoms with Crippen molar-refractivity contribution in [2.45, 2.75) is 38.7 Å². The number of carbonyl (C=O) groups excluding carboxylic acids is 2. The number of aryl methyl sites for hydroxylation is 1. The molecule has 5 nitrogen and oxygen atoms in total. The van der Waals surface area contributed by atoms with Crippen LogP contribution in [0.5, 0.6) is 5.75 Å². The first-order chi connectivity index (χ1) is 11.4. The van der Waals surface area contributed by atoms with Gasteiger partial charge in [0, 0.05) is 4.88 Å². The molecule has 0 spiro atoms. The smallest absolute Gasteiger partial charge is 0.268 e. The van der Waals surface area contributed by atoms with E-state index in [4.69, 9.17) is 10.5 Å². The van der Waals surface area contributed by atoms with Gasteiger partial charge in [-0.2, -0.15) is 0 Å². The Kier molecular flexibility index (Phi) is 4.32. The van der Waals surface area contributed by atoms with Crippen LogP contribution in [0.15, 0.2) is 30.3 Å². The molecule has 3 rings (SSSR count). The standard InChI is InChI=1S/C18H20N2O3S/c1-18(2,23-11-7-4-3-5-8-11)17(22)20-16-14(15(19)21)12-9-6-10-13(12)24-16/h3-5,7-8H,6,9-10H2,1-2H3,(H2,19,21)(H,20,22). The number of nitrogens with one attached hydrogen (secondary N) is 1. The van der Waals surface area contributed by atoms with Crippen LogP contribution in [0.1, 0.15) is 41.1 Å². The van der Waals surface area contributed by atoms with Crippen molar-refractivity contribution in [3.63, 3.8) is 0 Å². The Morgan fingerprint density at radius 2 is 1.92 bits per heavy atom. The molecule has 24 heavy (non-hydrogen) atoms. The van der Waals surface area contributed by atoms with Crippen LogP contribution < -0.4 is 15.8 Å². The van der Waals surface area contributed by atoms with Crippen LogP contribution in [-0.2, 0) is 17.6 Å². The van der Waals surface area contributed by atoms with E-state index >= 15 is 0 Å². The summed E-state index contributed by atoms with van der Waals surface area (Å²) in [6.07, 6.45) is 2.79. The Labute approximate surface area is 144 Å². The summed E-state index contributed by atoms with van der Waals surface area (Å²) in [4.78, 5) is 25.6. The summed E-state index contributed by atoms with van der Waals surface area (Å²) in [6.45, 7) is 3.39. The molecule has 126 valence electrons. The third kappa shape index (κ3) is 3.14. The second kappa shape index (κ2) is 6.28. The topological polar surface area (TPSA) is 81.4 Å². The minimum Gasteiger partial charge on any atom is -0.478 e. The fourth-order valence-electron chi connectivity index (χ4n) is 2.84. The molecule has 0 fully saturated rings. The monoisotopic (exact) mass is 344 g/mol. The van der Waals surface area contributed by atoms with Crippen LogP contribution in [-0.4, -0.2) is 17.4 Å². The number of fused-ring (bicyclic) bond motifs is 1. The number of hydrogen-bond acceptors (Lipinski definition) is 4. The van der Waals surface area contributed by atoms with Gasteiger partial charge < -0.3 is 15.8 Å². The largest absolute Gasteiger partial charge is 0.478 e. The highest BCUT2D eigenvalue weighted by molar-refractivity contribution is 7.17. The van der Waals surface area contributed by atoms with Gasteiger partial charge in [-0.15, -0.1) is 11.3 Å². The summed E-state index contributed by atoms with van der Waals surface area (Å²) in [7, 11) is 0. The van der Waals surface area contributed by atoms with Gasteiger partial charge in [0.25, 0.3) is 11.8 Å².